The van der Waals surface area contributed by atoms with Crippen LogP contribution in [0.3, 0.4) is 0 Å². The Morgan fingerprint density at radius 3 is 2.69 bits per heavy atom. The topological polar surface area (TPSA) is 78.0 Å². The first-order chi connectivity index (χ1) is 7.55. The highest BCUT2D eigenvalue weighted by molar-refractivity contribution is 7.91. The number of nitrogens with two attached hydrogens (primary N) is 1. The third-order valence-electron chi connectivity index (χ3n) is 3.33. The minimum absolute atomic E-state index is 0.0579. The largest absolute Gasteiger partial charge is 0.384 e. The maximum absolute atomic E-state index is 11.4. The summed E-state index contributed by atoms with van der Waals surface area (Å²) in [5.41, 5.74) is 6.91. The van der Waals surface area contributed by atoms with E-state index in [0.29, 0.717) is 18.2 Å². The molecule has 16 heavy (non-hydrogen) atoms. The quantitative estimate of drug-likeness (QED) is 0.826. The molecule has 0 unspecified atom stereocenters. The normalized spacial score (nSPS) is 28.4. The molecule has 2 heterocycles. The van der Waals surface area contributed by atoms with Gasteiger partial charge in [0.25, 0.3) is 0 Å². The first-order valence-electron chi connectivity index (χ1n) is 5.60. The van der Waals surface area contributed by atoms with Gasteiger partial charge in [0.2, 0.25) is 0 Å². The Morgan fingerprint density at radius 2 is 2.12 bits per heavy atom. The van der Waals surface area contributed by atoms with E-state index in [4.69, 9.17) is 5.73 Å². The predicted molar refractivity (Wildman–Crippen MR) is 60.9 cm³/mol. The molecule has 1 saturated carbocycles. The molecule has 2 fully saturated rings. The molecule has 1 aromatic rings. The van der Waals surface area contributed by atoms with Crippen molar-refractivity contribution in [3.63, 3.8) is 0 Å². The van der Waals surface area contributed by atoms with Crippen molar-refractivity contribution in [2.24, 2.45) is 0 Å². The predicted octanol–water partition coefficient (Wildman–Crippen LogP) is 0.702. The Bertz CT molecular complexity index is 516. The average molecular weight is 241 g/mol. The smallest absolute Gasteiger partial charge is 0.152 e. The zero-order valence-electron chi connectivity index (χ0n) is 8.96. The zero-order valence-corrected chi connectivity index (χ0v) is 9.78. The number of nitrogens with zero attached hydrogens (tertiary/aromatic N) is 2. The SMILES string of the molecule is Nc1cc(C2CC2)nn1[C@H]1CCS(=O)(=O)C1. The fraction of sp³-hybridized carbons (Fsp3) is 0.700. The van der Waals surface area contributed by atoms with Gasteiger partial charge in [-0.2, -0.15) is 5.10 Å². The molecule has 3 rings (SSSR count). The third-order valence-corrected chi connectivity index (χ3v) is 5.08. The monoisotopic (exact) mass is 241 g/mol. The molecule has 2 aliphatic rings. The minimum Gasteiger partial charge on any atom is -0.384 e. The zero-order chi connectivity index (χ0) is 11.3. The number of nitrogen functional groups attached to an aromatic ring is 1. The molecule has 1 aliphatic carbocycles. The Morgan fingerprint density at radius 1 is 1.38 bits per heavy atom. The van der Waals surface area contributed by atoms with Gasteiger partial charge in [0.05, 0.1) is 23.2 Å². The Kier molecular flexibility index (Phi) is 2.04. The van der Waals surface area contributed by atoms with E-state index in [0.717, 1.165) is 5.69 Å². The summed E-state index contributed by atoms with van der Waals surface area (Å²) in [7, 11) is -2.87. The van der Waals surface area contributed by atoms with Gasteiger partial charge < -0.3 is 5.73 Å². The molecule has 0 spiro atoms. The maximum Gasteiger partial charge on any atom is 0.152 e. The standard InChI is InChI=1S/C10H15N3O2S/c11-10-5-9(7-1-2-7)12-13(10)8-3-4-16(14,15)6-8/h5,7-8H,1-4,6,11H2/t8-/m0/s1. The maximum atomic E-state index is 11.4. The Labute approximate surface area is 94.5 Å². The fourth-order valence-corrected chi connectivity index (χ4v) is 3.96. The lowest BCUT2D eigenvalue weighted by atomic mass is 10.3. The second kappa shape index (κ2) is 3.23. The molecule has 0 bridgehead atoms. The molecule has 0 amide bonds. The van der Waals surface area contributed by atoms with Crippen LogP contribution in [-0.4, -0.2) is 29.7 Å². The van der Waals surface area contributed by atoms with Gasteiger partial charge >= 0.3 is 0 Å². The second-order valence-corrected chi connectivity index (χ2v) is 7.00. The van der Waals surface area contributed by atoms with Crippen molar-refractivity contribution in [2.75, 3.05) is 17.2 Å². The van der Waals surface area contributed by atoms with E-state index in [-0.39, 0.29) is 17.5 Å². The van der Waals surface area contributed by atoms with E-state index in [1.54, 1.807) is 4.68 Å². The first-order valence-corrected chi connectivity index (χ1v) is 7.43. The summed E-state index contributed by atoms with van der Waals surface area (Å²) in [6.07, 6.45) is 3.00. The number of aromatic nitrogens is 2. The summed E-state index contributed by atoms with van der Waals surface area (Å²) in [4.78, 5) is 0. The van der Waals surface area contributed by atoms with E-state index in [1.165, 1.54) is 12.8 Å². The molecule has 1 saturated heterocycles. The van der Waals surface area contributed by atoms with Crippen LogP contribution in [0.4, 0.5) is 5.82 Å². The van der Waals surface area contributed by atoms with Crippen molar-refractivity contribution in [1.82, 2.24) is 9.78 Å². The molecule has 5 nitrogen and oxygen atoms in total. The Hall–Kier alpha value is -1.04. The lowest BCUT2D eigenvalue weighted by molar-refractivity contribution is 0.502. The molecule has 1 aromatic heterocycles. The van der Waals surface area contributed by atoms with Crippen molar-refractivity contribution in [1.29, 1.82) is 0 Å². The van der Waals surface area contributed by atoms with Gasteiger partial charge in [0.15, 0.2) is 9.84 Å². The van der Waals surface area contributed by atoms with Gasteiger partial charge in [0, 0.05) is 12.0 Å². The summed E-state index contributed by atoms with van der Waals surface area (Å²) in [5, 5.41) is 4.45. The lowest BCUT2D eigenvalue weighted by Crippen LogP contribution is -2.14. The van der Waals surface area contributed by atoms with Crippen molar-refractivity contribution in [2.45, 2.75) is 31.2 Å². The molecule has 2 N–H and O–H groups in total. The van der Waals surface area contributed by atoms with E-state index < -0.39 is 9.84 Å². The molecular formula is C10H15N3O2S. The van der Waals surface area contributed by atoms with Crippen LogP contribution < -0.4 is 5.73 Å². The van der Waals surface area contributed by atoms with Crippen molar-refractivity contribution in [3.8, 4) is 0 Å². The highest BCUT2D eigenvalue weighted by Gasteiger charge is 2.33. The van der Waals surface area contributed by atoms with Crippen LogP contribution in [0.2, 0.25) is 0 Å². The van der Waals surface area contributed by atoms with Crippen molar-refractivity contribution >= 4 is 15.7 Å². The van der Waals surface area contributed by atoms with Crippen LogP contribution in [0.15, 0.2) is 6.07 Å². The van der Waals surface area contributed by atoms with Gasteiger partial charge in [-0.3, -0.25) is 0 Å². The van der Waals surface area contributed by atoms with Crippen LogP contribution >= 0.6 is 0 Å². The van der Waals surface area contributed by atoms with E-state index >= 15 is 0 Å². The average Bonchev–Trinajstić information content (AvgIpc) is 2.89. The number of sulfone groups is 1. The highest BCUT2D eigenvalue weighted by Crippen LogP contribution is 2.40. The molecule has 0 aromatic carbocycles. The first kappa shape index (κ1) is 10.1. The molecule has 0 radical (unpaired) electrons. The van der Waals surface area contributed by atoms with Crippen LogP contribution in [0, 0.1) is 0 Å². The molecular weight excluding hydrogens is 226 g/mol. The summed E-state index contributed by atoms with van der Waals surface area (Å²) in [5.74, 6) is 1.60. The highest BCUT2D eigenvalue weighted by atomic mass is 32.2. The third kappa shape index (κ3) is 1.71. The summed E-state index contributed by atoms with van der Waals surface area (Å²) in [6.45, 7) is 0. The summed E-state index contributed by atoms with van der Waals surface area (Å²) in [6, 6.07) is 1.83. The molecule has 88 valence electrons. The van der Waals surface area contributed by atoms with Crippen LogP contribution in [-0.2, 0) is 9.84 Å². The molecule has 1 atom stereocenters. The number of rotatable bonds is 2. The number of hydrogen-bond acceptors (Lipinski definition) is 4. The summed E-state index contributed by atoms with van der Waals surface area (Å²) >= 11 is 0. The Balaban J connectivity index is 1.89. The van der Waals surface area contributed by atoms with Gasteiger partial charge in [-0.25, -0.2) is 13.1 Å². The van der Waals surface area contributed by atoms with Gasteiger partial charge in [-0.05, 0) is 19.3 Å². The lowest BCUT2D eigenvalue weighted by Gasteiger charge is -2.09. The summed E-state index contributed by atoms with van der Waals surface area (Å²) < 4.78 is 24.5. The molecule has 1 aliphatic heterocycles. The van der Waals surface area contributed by atoms with E-state index in [1.807, 2.05) is 6.07 Å². The number of hydrogen-bond donors (Lipinski definition) is 1. The van der Waals surface area contributed by atoms with Crippen LogP contribution in [0.5, 0.6) is 0 Å². The van der Waals surface area contributed by atoms with Crippen molar-refractivity contribution < 1.29 is 8.42 Å². The van der Waals surface area contributed by atoms with Crippen LogP contribution in [0.1, 0.15) is 36.9 Å². The van der Waals surface area contributed by atoms with Gasteiger partial charge in [-0.15, -0.1) is 0 Å². The van der Waals surface area contributed by atoms with Gasteiger partial charge in [-0.1, -0.05) is 0 Å². The molecule has 6 heteroatoms. The van der Waals surface area contributed by atoms with E-state index in [9.17, 15) is 8.42 Å². The minimum atomic E-state index is -2.87. The van der Waals surface area contributed by atoms with Gasteiger partial charge in [0.1, 0.15) is 5.82 Å². The van der Waals surface area contributed by atoms with Crippen molar-refractivity contribution in [3.05, 3.63) is 11.8 Å². The fourth-order valence-electron chi connectivity index (χ4n) is 2.27. The second-order valence-electron chi connectivity index (χ2n) is 4.77. The number of anilines is 1. The van der Waals surface area contributed by atoms with E-state index in [2.05, 4.69) is 5.10 Å². The van der Waals surface area contributed by atoms with Crippen LogP contribution in [0.25, 0.3) is 0 Å².